The second-order valence-electron chi connectivity index (χ2n) is 14.1. The Balaban J connectivity index is 2.42. The Morgan fingerprint density at radius 1 is 0.860 bits per heavy atom. The molecule has 0 fully saturated rings. The second-order valence-corrected chi connectivity index (χ2v) is 19.2. The maximum atomic E-state index is 10.6. The summed E-state index contributed by atoms with van der Waals surface area (Å²) in [6.07, 6.45) is 8.31. The van der Waals surface area contributed by atoms with Crippen molar-refractivity contribution in [2.45, 2.75) is 132 Å². The number of hydrogen-bond donors (Lipinski definition) is 1. The predicted octanol–water partition coefficient (Wildman–Crippen LogP) is 10.9. The smallest absolute Gasteiger partial charge is 0.205 e. The molecule has 2 unspecified atom stereocenters. The van der Waals surface area contributed by atoms with Crippen molar-refractivity contribution in [3.05, 3.63) is 69.4 Å². The monoisotopic (exact) mass is 642 g/mol. The van der Waals surface area contributed by atoms with Gasteiger partial charge in [-0.05, 0) is 102 Å². The molecule has 1 aromatic heterocycles. The summed E-state index contributed by atoms with van der Waals surface area (Å²) in [6, 6.07) is 8.74. The number of hydrogen-bond acceptors (Lipinski definition) is 5. The van der Waals surface area contributed by atoms with Gasteiger partial charge in [0.05, 0.1) is 17.8 Å². The average Bonchev–Trinajstić information content (AvgIpc) is 3.39. The summed E-state index contributed by atoms with van der Waals surface area (Å²) in [4.78, 5) is 1.18. The van der Waals surface area contributed by atoms with Crippen LogP contribution in [0.15, 0.2) is 47.9 Å². The number of allylic oxidation sites excluding steroid dienone is 3. The molecule has 2 rings (SSSR count). The summed E-state index contributed by atoms with van der Waals surface area (Å²) < 4.78 is 19.8. The lowest BCUT2D eigenvalue weighted by molar-refractivity contribution is 0.0653. The molecule has 1 heterocycles. The van der Waals surface area contributed by atoms with Crippen molar-refractivity contribution in [2.24, 2.45) is 10.8 Å². The van der Waals surface area contributed by atoms with E-state index in [-0.39, 0.29) is 23.0 Å². The highest BCUT2D eigenvalue weighted by Gasteiger charge is 2.36. The first-order valence-electron chi connectivity index (χ1n) is 15.8. The van der Waals surface area contributed by atoms with E-state index in [0.717, 1.165) is 12.2 Å². The Labute approximate surface area is 271 Å². The SMILES string of the molecule is CC/C(=C\C=C\C(O)(CC)CC)c1csc(COc2ccc(C(O[Si](C)C)C(C)(C)C)c(C(O[Si](C)C)C(C)(C)C)c2)c1. The summed E-state index contributed by atoms with van der Waals surface area (Å²) >= 11 is 1.73. The topological polar surface area (TPSA) is 47.9 Å². The fourth-order valence-electron chi connectivity index (χ4n) is 5.02. The number of benzene rings is 1. The van der Waals surface area contributed by atoms with Gasteiger partial charge in [-0.25, -0.2) is 0 Å². The highest BCUT2D eigenvalue weighted by Crippen LogP contribution is 2.46. The summed E-state index contributed by atoms with van der Waals surface area (Å²) in [5.74, 6) is 0.853. The lowest BCUT2D eigenvalue weighted by atomic mass is 9.77. The molecule has 43 heavy (non-hydrogen) atoms. The van der Waals surface area contributed by atoms with Crippen molar-refractivity contribution in [2.75, 3.05) is 0 Å². The molecule has 0 saturated heterocycles. The molecular weight excluding hydrogens is 585 g/mol. The molecule has 0 spiro atoms. The molecule has 2 aromatic rings. The van der Waals surface area contributed by atoms with Gasteiger partial charge in [0, 0.05) is 4.88 Å². The van der Waals surface area contributed by atoms with Gasteiger partial charge in [-0.2, -0.15) is 0 Å². The van der Waals surface area contributed by atoms with Crippen molar-refractivity contribution in [1.29, 1.82) is 0 Å². The van der Waals surface area contributed by atoms with E-state index in [4.69, 9.17) is 13.6 Å². The molecule has 0 aliphatic carbocycles. The minimum atomic E-state index is -0.953. The van der Waals surface area contributed by atoms with E-state index in [9.17, 15) is 5.11 Å². The Morgan fingerprint density at radius 2 is 1.42 bits per heavy atom. The quantitative estimate of drug-likeness (QED) is 0.155. The predicted molar refractivity (Wildman–Crippen MR) is 190 cm³/mol. The van der Waals surface area contributed by atoms with Gasteiger partial charge in [-0.1, -0.05) is 86.6 Å². The first-order chi connectivity index (χ1) is 19.9. The van der Waals surface area contributed by atoms with E-state index >= 15 is 0 Å². The van der Waals surface area contributed by atoms with Crippen LogP contribution in [0.4, 0.5) is 0 Å². The molecule has 240 valence electrons. The molecular formula is C36H58O4SSi2. The molecule has 0 bridgehead atoms. The van der Waals surface area contributed by atoms with Crippen LogP contribution in [0.3, 0.4) is 0 Å². The lowest BCUT2D eigenvalue weighted by Gasteiger charge is -2.39. The zero-order valence-electron chi connectivity index (χ0n) is 29.2. The zero-order chi connectivity index (χ0) is 32.6. The Kier molecular flexibility index (Phi) is 14.2. The second kappa shape index (κ2) is 16.2. The van der Waals surface area contributed by atoms with Crippen LogP contribution in [-0.2, 0) is 15.5 Å². The van der Waals surface area contributed by atoms with Gasteiger partial charge < -0.3 is 18.7 Å². The first-order valence-corrected chi connectivity index (χ1v) is 21.5. The highest BCUT2D eigenvalue weighted by atomic mass is 32.1. The van der Waals surface area contributed by atoms with Crippen molar-refractivity contribution in [3.8, 4) is 5.75 Å². The third-order valence-electron chi connectivity index (χ3n) is 7.62. The fraction of sp³-hybridized carbons (Fsp3) is 0.611. The summed E-state index contributed by atoms with van der Waals surface area (Å²) in [7, 11) is -1.88. The molecule has 0 amide bonds. The van der Waals surface area contributed by atoms with E-state index in [1.807, 2.05) is 26.0 Å². The van der Waals surface area contributed by atoms with E-state index in [1.165, 1.54) is 27.1 Å². The number of aliphatic hydroxyl groups is 1. The Morgan fingerprint density at radius 3 is 1.91 bits per heavy atom. The summed E-state index contributed by atoms with van der Waals surface area (Å²) in [5, 5.41) is 12.8. The van der Waals surface area contributed by atoms with Crippen LogP contribution in [0.25, 0.3) is 5.57 Å². The summed E-state index contributed by atoms with van der Waals surface area (Å²) in [5.41, 5.74) is 3.96. The standard InChI is InChI=1S/C36H58O4SSi2/c1-14-26(18-17-21-36(37,15-2)16-3)27-22-29(41-25-27)24-38-28-19-20-30(32(34(4,5)6)39-42(10)11)31(23-28)33(35(7,8)9)40-43(12)13/h17-23,25,32-33,37H,14-16,24H2,1-13H3/b21-17+,26-18+. The number of rotatable bonds is 15. The van der Waals surface area contributed by atoms with Crippen LogP contribution in [0.5, 0.6) is 5.75 Å². The summed E-state index contributed by atoms with van der Waals surface area (Å²) in [6.45, 7) is 29.1. The highest BCUT2D eigenvalue weighted by molar-refractivity contribution is 7.10. The lowest BCUT2D eigenvalue weighted by Crippen LogP contribution is -2.31. The van der Waals surface area contributed by atoms with E-state index in [1.54, 1.807) is 11.3 Å². The molecule has 4 nitrogen and oxygen atoms in total. The maximum absolute atomic E-state index is 10.6. The third kappa shape index (κ3) is 11.4. The zero-order valence-corrected chi connectivity index (χ0v) is 32.0. The van der Waals surface area contributed by atoms with Crippen LogP contribution >= 0.6 is 11.3 Å². The van der Waals surface area contributed by atoms with E-state index in [2.05, 4.69) is 110 Å². The molecule has 1 aromatic carbocycles. The molecule has 0 aliphatic rings. The molecule has 7 heteroatoms. The Bertz CT molecular complexity index is 1200. The molecule has 2 radical (unpaired) electrons. The van der Waals surface area contributed by atoms with Gasteiger partial charge in [0.15, 0.2) is 0 Å². The molecule has 0 aliphatic heterocycles. The average molecular weight is 643 g/mol. The van der Waals surface area contributed by atoms with Gasteiger partial charge >= 0.3 is 0 Å². The van der Waals surface area contributed by atoms with Crippen LogP contribution in [0.2, 0.25) is 26.2 Å². The van der Waals surface area contributed by atoms with Gasteiger partial charge in [-0.3, -0.25) is 0 Å². The fourth-order valence-corrected chi connectivity index (χ4v) is 7.74. The molecule has 2 atom stereocenters. The van der Waals surface area contributed by atoms with Crippen molar-refractivity contribution < 1.29 is 18.7 Å². The van der Waals surface area contributed by atoms with Crippen LogP contribution in [0, 0.1) is 10.8 Å². The van der Waals surface area contributed by atoms with Crippen LogP contribution < -0.4 is 4.74 Å². The molecule has 0 saturated carbocycles. The van der Waals surface area contributed by atoms with Crippen molar-refractivity contribution in [3.63, 3.8) is 0 Å². The third-order valence-corrected chi connectivity index (χ3v) is 9.94. The Hall–Kier alpha value is -1.49. The van der Waals surface area contributed by atoms with Crippen LogP contribution in [0.1, 0.15) is 115 Å². The van der Waals surface area contributed by atoms with Gasteiger partial charge in [-0.15, -0.1) is 11.3 Å². The first kappa shape index (κ1) is 37.7. The van der Waals surface area contributed by atoms with E-state index in [0.29, 0.717) is 19.4 Å². The van der Waals surface area contributed by atoms with Crippen LogP contribution in [-0.4, -0.2) is 28.8 Å². The minimum Gasteiger partial charge on any atom is -0.488 e. The minimum absolute atomic E-state index is 0.0305. The maximum Gasteiger partial charge on any atom is 0.205 e. The van der Waals surface area contributed by atoms with Gasteiger partial charge in [0.2, 0.25) is 18.1 Å². The van der Waals surface area contributed by atoms with Crippen molar-refractivity contribution >= 4 is 35.0 Å². The number of thiophene rings is 1. The van der Waals surface area contributed by atoms with Gasteiger partial charge in [0.25, 0.3) is 0 Å². The van der Waals surface area contributed by atoms with Gasteiger partial charge in [0.1, 0.15) is 12.4 Å². The molecule has 1 N–H and O–H groups in total. The number of ether oxygens (including phenoxy) is 1. The van der Waals surface area contributed by atoms with E-state index < -0.39 is 23.7 Å². The van der Waals surface area contributed by atoms with Crippen molar-refractivity contribution in [1.82, 2.24) is 0 Å². The normalized spacial score (nSPS) is 15.1. The largest absolute Gasteiger partial charge is 0.488 e.